The number of carbonyl (C=O) groups excluding carboxylic acids is 2. The maximum Gasteiger partial charge on any atom is 0.325 e. The van der Waals surface area contributed by atoms with Crippen LogP contribution in [-0.4, -0.2) is 43.0 Å². The van der Waals surface area contributed by atoms with Crippen LogP contribution in [0.1, 0.15) is 123 Å². The van der Waals surface area contributed by atoms with Crippen molar-refractivity contribution in [3.63, 3.8) is 0 Å². The van der Waals surface area contributed by atoms with Gasteiger partial charge in [0.15, 0.2) is 5.79 Å². The summed E-state index contributed by atoms with van der Waals surface area (Å²) in [5.41, 5.74) is 4.23. The Hall–Kier alpha value is -2.18. The predicted molar refractivity (Wildman–Crippen MR) is 188 cm³/mol. The van der Waals surface area contributed by atoms with Crippen LogP contribution in [0.3, 0.4) is 0 Å². The molecular formula is C42H61NO5. The molecule has 1 amide bonds. The third-order valence-electron chi connectivity index (χ3n) is 14.5. The number of nitrogens with one attached hydrogen (secondary N) is 1. The Balaban J connectivity index is 0.936. The molecule has 264 valence electrons. The highest BCUT2D eigenvalue weighted by atomic mass is 16.7. The highest BCUT2D eigenvalue weighted by molar-refractivity contribution is 5.86. The molecule has 48 heavy (non-hydrogen) atoms. The number of benzene rings is 1. The summed E-state index contributed by atoms with van der Waals surface area (Å²) in [5.74, 6) is 3.19. The monoisotopic (exact) mass is 659 g/mol. The largest absolute Gasteiger partial charge is 0.461 e. The Labute approximate surface area is 289 Å². The fourth-order valence-electron chi connectivity index (χ4n) is 11.9. The Morgan fingerprint density at radius 2 is 1.77 bits per heavy atom. The lowest BCUT2D eigenvalue weighted by Crippen LogP contribution is -2.52. The van der Waals surface area contributed by atoms with Gasteiger partial charge >= 0.3 is 5.97 Å². The summed E-state index contributed by atoms with van der Waals surface area (Å²) in [6, 6.07) is 8.27. The van der Waals surface area contributed by atoms with Crippen molar-refractivity contribution in [1.82, 2.24) is 5.32 Å². The van der Waals surface area contributed by atoms with Crippen LogP contribution in [0.4, 0.5) is 0 Å². The van der Waals surface area contributed by atoms with E-state index < -0.39 is 0 Å². The SMILES string of the molecule is CC(C)Cc1ccc(C(C)C(=O)NCC(=O)O[C@H]2CC[C@@]3(C)C(=CC[C@H]4[C@@H]5C[C@@H]6O[C@]7(CC[C@@H](C)CO7)[C@@H](C)[C@@H]6[C@@]5(C)CC[C@@H]43)C2)cc1. The van der Waals surface area contributed by atoms with Gasteiger partial charge in [0.05, 0.1) is 18.6 Å². The van der Waals surface area contributed by atoms with Gasteiger partial charge in [-0.05, 0) is 116 Å². The number of esters is 1. The first-order valence-corrected chi connectivity index (χ1v) is 19.4. The van der Waals surface area contributed by atoms with E-state index in [4.69, 9.17) is 14.2 Å². The predicted octanol–water partition coefficient (Wildman–Crippen LogP) is 8.38. The van der Waals surface area contributed by atoms with Crippen molar-refractivity contribution in [3.05, 3.63) is 47.0 Å². The van der Waals surface area contributed by atoms with Gasteiger partial charge in [-0.15, -0.1) is 0 Å². The Morgan fingerprint density at radius 1 is 1.00 bits per heavy atom. The van der Waals surface area contributed by atoms with Gasteiger partial charge in [0.25, 0.3) is 0 Å². The average molecular weight is 660 g/mol. The van der Waals surface area contributed by atoms with Gasteiger partial charge in [0.1, 0.15) is 12.6 Å². The number of fused-ring (bicyclic) bond motifs is 7. The van der Waals surface area contributed by atoms with Crippen LogP contribution >= 0.6 is 0 Å². The molecule has 2 aliphatic heterocycles. The number of ether oxygens (including phenoxy) is 3. The van der Waals surface area contributed by atoms with E-state index in [9.17, 15) is 9.59 Å². The molecule has 2 heterocycles. The molecule has 1 spiro atoms. The van der Waals surface area contributed by atoms with E-state index in [0.29, 0.717) is 52.9 Å². The maximum atomic E-state index is 12.9. The lowest BCUT2D eigenvalue weighted by atomic mass is 9.47. The van der Waals surface area contributed by atoms with Gasteiger partial charge in [-0.3, -0.25) is 9.59 Å². The number of allylic oxidation sites excluding steroid dienone is 1. The molecule has 1 N–H and O–H groups in total. The molecule has 2 saturated heterocycles. The molecule has 1 aromatic rings. The third-order valence-corrected chi connectivity index (χ3v) is 14.5. The molecule has 6 aliphatic rings. The zero-order valence-electron chi connectivity index (χ0n) is 30.7. The first-order chi connectivity index (χ1) is 22.8. The highest BCUT2D eigenvalue weighted by Gasteiger charge is 2.68. The second kappa shape index (κ2) is 12.9. The Bertz CT molecular complexity index is 1390. The van der Waals surface area contributed by atoms with Crippen molar-refractivity contribution in [1.29, 1.82) is 0 Å². The Kier molecular flexibility index (Phi) is 9.18. The number of rotatable bonds is 7. The van der Waals surface area contributed by atoms with Crippen LogP contribution < -0.4 is 5.32 Å². The molecule has 6 nitrogen and oxygen atoms in total. The van der Waals surface area contributed by atoms with Crippen LogP contribution in [-0.2, 0) is 30.2 Å². The van der Waals surface area contributed by atoms with E-state index in [2.05, 4.69) is 65.1 Å². The molecular weight excluding hydrogens is 598 g/mol. The minimum absolute atomic E-state index is 0.0828. The summed E-state index contributed by atoms with van der Waals surface area (Å²) in [7, 11) is 0. The molecule has 1 unspecified atom stereocenters. The van der Waals surface area contributed by atoms with Gasteiger partial charge in [0.2, 0.25) is 5.91 Å². The lowest BCUT2D eigenvalue weighted by molar-refractivity contribution is -0.272. The van der Waals surface area contributed by atoms with E-state index in [1.807, 2.05) is 19.1 Å². The minimum atomic E-state index is -0.353. The van der Waals surface area contributed by atoms with Crippen molar-refractivity contribution in [2.24, 2.45) is 52.3 Å². The summed E-state index contributed by atoms with van der Waals surface area (Å²) in [6.45, 7) is 16.9. The van der Waals surface area contributed by atoms with Crippen LogP contribution in [0.2, 0.25) is 0 Å². The van der Waals surface area contributed by atoms with Crippen LogP contribution in [0.25, 0.3) is 0 Å². The van der Waals surface area contributed by atoms with Gasteiger partial charge in [-0.1, -0.05) is 77.5 Å². The van der Waals surface area contributed by atoms with Gasteiger partial charge in [-0.25, -0.2) is 0 Å². The van der Waals surface area contributed by atoms with E-state index in [-0.39, 0.29) is 41.6 Å². The van der Waals surface area contributed by atoms with Crippen molar-refractivity contribution in [3.8, 4) is 0 Å². The summed E-state index contributed by atoms with van der Waals surface area (Å²) in [5, 5.41) is 2.84. The topological polar surface area (TPSA) is 73.9 Å². The molecule has 0 radical (unpaired) electrons. The van der Waals surface area contributed by atoms with Gasteiger partial charge in [-0.2, -0.15) is 0 Å². The van der Waals surface area contributed by atoms with Crippen molar-refractivity contribution >= 4 is 11.9 Å². The summed E-state index contributed by atoms with van der Waals surface area (Å²) < 4.78 is 19.5. The lowest BCUT2D eigenvalue weighted by Gasteiger charge is -2.58. The molecule has 1 aromatic carbocycles. The van der Waals surface area contributed by atoms with Crippen LogP contribution in [0.5, 0.6) is 0 Å². The zero-order valence-corrected chi connectivity index (χ0v) is 30.7. The fourth-order valence-corrected chi connectivity index (χ4v) is 11.9. The van der Waals surface area contributed by atoms with Crippen LogP contribution in [0, 0.1) is 52.3 Å². The molecule has 4 aliphatic carbocycles. The Morgan fingerprint density at radius 3 is 2.48 bits per heavy atom. The maximum absolute atomic E-state index is 12.9. The van der Waals surface area contributed by atoms with Crippen molar-refractivity contribution in [2.45, 2.75) is 137 Å². The summed E-state index contributed by atoms with van der Waals surface area (Å²) in [4.78, 5) is 25.8. The van der Waals surface area contributed by atoms with Gasteiger partial charge < -0.3 is 19.5 Å². The molecule has 3 saturated carbocycles. The molecule has 6 heteroatoms. The molecule has 5 fully saturated rings. The molecule has 0 aromatic heterocycles. The number of carbonyl (C=O) groups is 2. The van der Waals surface area contributed by atoms with E-state index in [0.717, 1.165) is 50.7 Å². The average Bonchev–Trinajstić information content (AvgIpc) is 3.50. The number of hydrogen-bond acceptors (Lipinski definition) is 5. The van der Waals surface area contributed by atoms with E-state index in [1.54, 1.807) is 0 Å². The smallest absolute Gasteiger partial charge is 0.325 e. The third kappa shape index (κ3) is 5.89. The summed E-state index contributed by atoms with van der Waals surface area (Å²) >= 11 is 0. The van der Waals surface area contributed by atoms with Crippen LogP contribution in [0.15, 0.2) is 35.9 Å². The van der Waals surface area contributed by atoms with E-state index >= 15 is 0 Å². The molecule has 12 atom stereocenters. The zero-order chi connectivity index (χ0) is 34.0. The minimum Gasteiger partial charge on any atom is -0.461 e. The van der Waals surface area contributed by atoms with Gasteiger partial charge in [0, 0.05) is 18.8 Å². The highest BCUT2D eigenvalue weighted by Crippen LogP contribution is 2.70. The first-order valence-electron chi connectivity index (χ1n) is 19.4. The molecule has 7 rings (SSSR count). The fraction of sp³-hybridized carbons (Fsp3) is 0.762. The van der Waals surface area contributed by atoms with Crippen molar-refractivity contribution in [2.75, 3.05) is 13.2 Å². The second-order valence-corrected chi connectivity index (χ2v) is 17.9. The number of hydrogen-bond donors (Lipinski definition) is 1. The first kappa shape index (κ1) is 34.3. The quantitative estimate of drug-likeness (QED) is 0.235. The standard InChI is InChI=1S/C42H61NO5/c1-25(2)20-29-8-10-30(11-9-29)27(4)39(45)43-23-37(44)47-32-15-17-40(6)31(21-32)12-13-33-34(40)16-18-41(7)35(33)22-36-38(41)28(5)42(48-36)19-14-26(3)24-46-42/h8-12,25-28,32-36,38H,13-24H2,1-7H3,(H,43,45)/t26-,27?,28+,32+,33-,34+,35+,36+,38+,40+,41+,42-/m1/s1. The number of amides is 1. The normalized spacial score (nSPS) is 42.3. The van der Waals surface area contributed by atoms with Crippen molar-refractivity contribution < 1.29 is 23.8 Å². The molecule has 0 bridgehead atoms. The summed E-state index contributed by atoms with van der Waals surface area (Å²) in [6.07, 6.45) is 13.7. The van der Waals surface area contributed by atoms with E-state index in [1.165, 1.54) is 36.8 Å². The second-order valence-electron chi connectivity index (χ2n) is 17.9.